The van der Waals surface area contributed by atoms with Crippen molar-refractivity contribution in [1.82, 2.24) is 9.21 Å². The van der Waals surface area contributed by atoms with E-state index in [2.05, 4.69) is 5.32 Å². The molecular weight excluding hydrogens is 278 g/mol. The number of nitrogens with one attached hydrogen (secondary N) is 1. The predicted molar refractivity (Wildman–Crippen MR) is 79.1 cm³/mol. The van der Waals surface area contributed by atoms with Gasteiger partial charge in [0.25, 0.3) is 0 Å². The van der Waals surface area contributed by atoms with Gasteiger partial charge in [-0.25, -0.2) is 12.7 Å². The van der Waals surface area contributed by atoms with Crippen molar-refractivity contribution >= 4 is 21.6 Å². The lowest BCUT2D eigenvalue weighted by atomic mass is 10.3. The highest BCUT2D eigenvalue weighted by Gasteiger charge is 2.21. The highest BCUT2D eigenvalue weighted by Crippen LogP contribution is 2.22. The minimum atomic E-state index is -3.54. The van der Waals surface area contributed by atoms with Crippen LogP contribution in [-0.4, -0.2) is 57.8 Å². The zero-order valence-electron chi connectivity index (χ0n) is 12.3. The summed E-state index contributed by atoms with van der Waals surface area (Å²) in [4.78, 5) is 13.5. The first kappa shape index (κ1) is 16.5. The van der Waals surface area contributed by atoms with Crippen molar-refractivity contribution in [2.75, 3.05) is 39.5 Å². The molecule has 20 heavy (non-hydrogen) atoms. The van der Waals surface area contributed by atoms with Crippen molar-refractivity contribution in [2.45, 2.75) is 11.8 Å². The summed E-state index contributed by atoms with van der Waals surface area (Å²) in [5.41, 5.74) is 0.430. The normalized spacial score (nSPS) is 11.4. The average molecular weight is 299 g/mol. The number of hydrogen-bond donors (Lipinski definition) is 1. The molecular formula is C13H21N3O3S. The molecule has 1 aromatic rings. The number of carbonyl (C=O) groups is 1. The molecule has 0 saturated heterocycles. The van der Waals surface area contributed by atoms with E-state index in [1.54, 1.807) is 30.1 Å². The Morgan fingerprint density at radius 3 is 2.35 bits per heavy atom. The van der Waals surface area contributed by atoms with Crippen LogP contribution in [0.4, 0.5) is 5.69 Å². The Bertz CT molecular complexity index is 570. The van der Waals surface area contributed by atoms with Crippen molar-refractivity contribution < 1.29 is 13.2 Å². The number of rotatable bonds is 6. The third-order valence-corrected chi connectivity index (χ3v) is 4.85. The Morgan fingerprint density at radius 2 is 1.80 bits per heavy atom. The Labute approximate surface area is 120 Å². The smallest absolute Gasteiger partial charge is 0.244 e. The third kappa shape index (κ3) is 3.71. The fraction of sp³-hybridized carbons (Fsp3) is 0.462. The molecule has 1 amide bonds. The summed E-state index contributed by atoms with van der Waals surface area (Å²) >= 11 is 0. The second-order valence-corrected chi connectivity index (χ2v) is 6.67. The zero-order chi connectivity index (χ0) is 15.3. The first-order valence-electron chi connectivity index (χ1n) is 6.30. The summed E-state index contributed by atoms with van der Waals surface area (Å²) in [6, 6.07) is 6.55. The van der Waals surface area contributed by atoms with Crippen LogP contribution < -0.4 is 5.32 Å². The number of carbonyl (C=O) groups excluding carboxylic acids is 1. The monoisotopic (exact) mass is 299 g/mol. The topological polar surface area (TPSA) is 69.7 Å². The van der Waals surface area contributed by atoms with Crippen molar-refractivity contribution in [1.29, 1.82) is 0 Å². The SMILES string of the molecule is CCN(C)C(=O)CNc1ccccc1S(=O)(=O)N(C)C. The van der Waals surface area contributed by atoms with E-state index < -0.39 is 10.0 Å². The number of hydrogen-bond acceptors (Lipinski definition) is 4. The van der Waals surface area contributed by atoms with Gasteiger partial charge in [-0.3, -0.25) is 4.79 Å². The highest BCUT2D eigenvalue weighted by atomic mass is 32.2. The third-order valence-electron chi connectivity index (χ3n) is 2.98. The molecule has 1 rings (SSSR count). The number of anilines is 1. The first-order chi connectivity index (χ1) is 9.30. The molecule has 0 saturated carbocycles. The fourth-order valence-electron chi connectivity index (χ4n) is 1.52. The van der Waals surface area contributed by atoms with E-state index in [1.807, 2.05) is 6.92 Å². The minimum absolute atomic E-state index is 0.0598. The van der Waals surface area contributed by atoms with E-state index >= 15 is 0 Å². The molecule has 0 aliphatic heterocycles. The predicted octanol–water partition coefficient (Wildman–Crippen LogP) is 0.827. The van der Waals surface area contributed by atoms with Gasteiger partial charge in [0, 0.05) is 27.7 Å². The molecule has 0 atom stereocenters. The van der Waals surface area contributed by atoms with Gasteiger partial charge in [-0.05, 0) is 19.1 Å². The first-order valence-corrected chi connectivity index (χ1v) is 7.74. The van der Waals surface area contributed by atoms with Gasteiger partial charge in [-0.15, -0.1) is 0 Å². The van der Waals surface area contributed by atoms with Crippen molar-refractivity contribution in [3.05, 3.63) is 24.3 Å². The van der Waals surface area contributed by atoms with E-state index in [0.717, 1.165) is 4.31 Å². The van der Waals surface area contributed by atoms with Crippen LogP contribution in [0.5, 0.6) is 0 Å². The molecule has 0 aliphatic rings. The van der Waals surface area contributed by atoms with Gasteiger partial charge < -0.3 is 10.2 Å². The maximum Gasteiger partial charge on any atom is 0.244 e. The highest BCUT2D eigenvalue weighted by molar-refractivity contribution is 7.89. The van der Waals surface area contributed by atoms with E-state index in [-0.39, 0.29) is 17.3 Å². The number of nitrogens with zero attached hydrogens (tertiary/aromatic N) is 2. The number of benzene rings is 1. The van der Waals surface area contributed by atoms with Gasteiger partial charge in [-0.1, -0.05) is 12.1 Å². The van der Waals surface area contributed by atoms with Gasteiger partial charge in [0.15, 0.2) is 0 Å². The summed E-state index contributed by atoms with van der Waals surface area (Å²) in [6.45, 7) is 2.55. The molecule has 0 aliphatic carbocycles. The van der Waals surface area contributed by atoms with E-state index in [9.17, 15) is 13.2 Å². The van der Waals surface area contributed by atoms with E-state index in [1.165, 1.54) is 20.2 Å². The number of sulfonamides is 1. The zero-order valence-corrected chi connectivity index (χ0v) is 13.1. The van der Waals surface area contributed by atoms with Crippen LogP contribution in [0, 0.1) is 0 Å². The molecule has 112 valence electrons. The molecule has 1 aromatic carbocycles. The molecule has 0 unspecified atom stereocenters. The lowest BCUT2D eigenvalue weighted by Crippen LogP contribution is -2.32. The molecule has 0 bridgehead atoms. The summed E-state index contributed by atoms with van der Waals surface area (Å²) in [5.74, 6) is -0.0930. The van der Waals surface area contributed by atoms with Gasteiger partial charge in [0.1, 0.15) is 4.90 Å². The fourth-order valence-corrected chi connectivity index (χ4v) is 2.58. The van der Waals surface area contributed by atoms with Gasteiger partial charge >= 0.3 is 0 Å². The standard InChI is InChI=1S/C13H21N3O3S/c1-5-16(4)13(17)10-14-11-8-6-7-9-12(11)20(18,19)15(2)3/h6-9,14H,5,10H2,1-4H3. The maximum absolute atomic E-state index is 12.2. The quantitative estimate of drug-likeness (QED) is 0.844. The lowest BCUT2D eigenvalue weighted by molar-refractivity contribution is -0.127. The second-order valence-electron chi connectivity index (χ2n) is 4.55. The van der Waals surface area contributed by atoms with Crippen LogP contribution in [0.3, 0.4) is 0 Å². The Kier molecular flexibility index (Phi) is 5.52. The van der Waals surface area contributed by atoms with Crippen LogP contribution in [-0.2, 0) is 14.8 Å². The van der Waals surface area contributed by atoms with Gasteiger partial charge in [0.05, 0.1) is 12.2 Å². The number of amides is 1. The van der Waals surface area contributed by atoms with Crippen molar-refractivity contribution in [3.63, 3.8) is 0 Å². The van der Waals surface area contributed by atoms with Crippen LogP contribution in [0.1, 0.15) is 6.92 Å². The molecule has 0 heterocycles. The Balaban J connectivity index is 2.96. The summed E-state index contributed by atoms with van der Waals surface area (Å²) < 4.78 is 25.5. The summed E-state index contributed by atoms with van der Waals surface area (Å²) in [7, 11) is 1.11. The molecule has 7 heteroatoms. The van der Waals surface area contributed by atoms with Crippen LogP contribution in [0.2, 0.25) is 0 Å². The Morgan fingerprint density at radius 1 is 1.20 bits per heavy atom. The van der Waals surface area contributed by atoms with Crippen LogP contribution in [0.15, 0.2) is 29.2 Å². The minimum Gasteiger partial charge on any atom is -0.375 e. The van der Waals surface area contributed by atoms with Crippen LogP contribution in [0.25, 0.3) is 0 Å². The van der Waals surface area contributed by atoms with Crippen molar-refractivity contribution in [3.8, 4) is 0 Å². The summed E-state index contributed by atoms with van der Waals surface area (Å²) in [6.07, 6.45) is 0. The second kappa shape index (κ2) is 6.71. The molecule has 0 fully saturated rings. The summed E-state index contributed by atoms with van der Waals surface area (Å²) in [5, 5.41) is 2.89. The molecule has 0 aromatic heterocycles. The molecule has 0 spiro atoms. The molecule has 0 radical (unpaired) electrons. The van der Waals surface area contributed by atoms with Gasteiger partial charge in [-0.2, -0.15) is 0 Å². The largest absolute Gasteiger partial charge is 0.375 e. The number of likely N-dealkylation sites (N-methyl/N-ethyl adjacent to an activating group) is 1. The van der Waals surface area contributed by atoms with E-state index in [4.69, 9.17) is 0 Å². The van der Waals surface area contributed by atoms with Crippen LogP contribution >= 0.6 is 0 Å². The molecule has 1 N–H and O–H groups in total. The average Bonchev–Trinajstić information content (AvgIpc) is 2.43. The van der Waals surface area contributed by atoms with Crippen molar-refractivity contribution in [2.24, 2.45) is 0 Å². The molecule has 6 nitrogen and oxygen atoms in total. The van der Waals surface area contributed by atoms with Gasteiger partial charge in [0.2, 0.25) is 15.9 Å². The van der Waals surface area contributed by atoms with E-state index in [0.29, 0.717) is 12.2 Å². The number of para-hydroxylation sites is 1. The Hall–Kier alpha value is -1.60. The lowest BCUT2D eigenvalue weighted by Gasteiger charge is -2.18. The maximum atomic E-state index is 12.2.